The molecule has 1 N–H and O–H groups in total. The van der Waals surface area contributed by atoms with E-state index in [1.165, 1.54) is 0 Å². The number of carbonyl (C=O) groups is 1. The van der Waals surface area contributed by atoms with E-state index in [0.29, 0.717) is 6.54 Å². The van der Waals surface area contributed by atoms with Crippen molar-refractivity contribution in [2.75, 3.05) is 36.4 Å². The number of rotatable bonds is 7. The van der Waals surface area contributed by atoms with Gasteiger partial charge in [-0.15, -0.1) is 0 Å². The lowest BCUT2D eigenvalue weighted by Crippen LogP contribution is -2.42. The molecule has 0 aliphatic rings. The zero-order chi connectivity index (χ0) is 20.0. The van der Waals surface area contributed by atoms with E-state index in [1.807, 2.05) is 43.0 Å². The van der Waals surface area contributed by atoms with Crippen LogP contribution in [0.15, 0.2) is 36.4 Å². The SMILES string of the molecule is CCN(CC)CCN(C(=O)Nc1c(C)cccc1C)c1c(C)cccc1C. The van der Waals surface area contributed by atoms with E-state index >= 15 is 0 Å². The smallest absolute Gasteiger partial charge is 0.307 e. The molecule has 0 aromatic heterocycles. The molecular weight excluding hydrogens is 334 g/mol. The van der Waals surface area contributed by atoms with Crippen LogP contribution in [0.3, 0.4) is 0 Å². The summed E-state index contributed by atoms with van der Waals surface area (Å²) in [5, 5.41) is 3.16. The van der Waals surface area contributed by atoms with Crippen molar-refractivity contribution < 1.29 is 4.79 Å². The number of carbonyl (C=O) groups excluding carboxylic acids is 1. The van der Waals surface area contributed by atoms with Gasteiger partial charge >= 0.3 is 6.03 Å². The van der Waals surface area contributed by atoms with Crippen LogP contribution in [-0.2, 0) is 0 Å². The molecule has 0 aliphatic heterocycles. The van der Waals surface area contributed by atoms with Crippen LogP contribution in [-0.4, -0.2) is 37.1 Å². The molecule has 0 saturated carbocycles. The highest BCUT2D eigenvalue weighted by Gasteiger charge is 2.21. The van der Waals surface area contributed by atoms with E-state index < -0.39 is 0 Å². The van der Waals surface area contributed by atoms with Crippen molar-refractivity contribution in [3.05, 3.63) is 58.7 Å². The Labute approximate surface area is 164 Å². The maximum absolute atomic E-state index is 13.3. The molecule has 4 nitrogen and oxygen atoms in total. The fraction of sp³-hybridized carbons (Fsp3) is 0.435. The molecule has 0 heterocycles. The summed E-state index contributed by atoms with van der Waals surface area (Å²) < 4.78 is 0. The highest BCUT2D eigenvalue weighted by atomic mass is 16.2. The van der Waals surface area contributed by atoms with E-state index in [2.05, 4.69) is 50.0 Å². The first-order chi connectivity index (χ1) is 12.9. The molecule has 2 aromatic rings. The van der Waals surface area contributed by atoms with Crippen LogP contribution in [0.1, 0.15) is 36.1 Å². The van der Waals surface area contributed by atoms with Gasteiger partial charge in [0.25, 0.3) is 0 Å². The third-order valence-electron chi connectivity index (χ3n) is 5.20. The molecule has 2 aromatic carbocycles. The summed E-state index contributed by atoms with van der Waals surface area (Å²) in [5.41, 5.74) is 6.30. The van der Waals surface area contributed by atoms with Gasteiger partial charge in [-0.2, -0.15) is 0 Å². The summed E-state index contributed by atoms with van der Waals surface area (Å²) in [7, 11) is 0. The van der Waals surface area contributed by atoms with E-state index in [4.69, 9.17) is 0 Å². The van der Waals surface area contributed by atoms with Crippen molar-refractivity contribution in [1.82, 2.24) is 4.90 Å². The van der Waals surface area contributed by atoms with Gasteiger partial charge in [0.15, 0.2) is 0 Å². The minimum atomic E-state index is -0.0723. The van der Waals surface area contributed by atoms with Crippen LogP contribution in [0.2, 0.25) is 0 Å². The number of benzene rings is 2. The van der Waals surface area contributed by atoms with Crippen molar-refractivity contribution in [2.24, 2.45) is 0 Å². The van der Waals surface area contributed by atoms with Crippen molar-refractivity contribution in [3.63, 3.8) is 0 Å². The lowest BCUT2D eigenvalue weighted by Gasteiger charge is -2.29. The zero-order valence-corrected chi connectivity index (χ0v) is 17.6. The normalized spacial score (nSPS) is 10.9. The van der Waals surface area contributed by atoms with Gasteiger partial charge < -0.3 is 10.2 Å². The number of hydrogen-bond acceptors (Lipinski definition) is 2. The molecule has 0 saturated heterocycles. The Morgan fingerprint density at radius 1 is 0.815 bits per heavy atom. The Bertz CT molecular complexity index is 741. The summed E-state index contributed by atoms with van der Waals surface area (Å²) in [5.74, 6) is 0. The number of hydrogen-bond donors (Lipinski definition) is 1. The average molecular weight is 368 g/mol. The zero-order valence-electron chi connectivity index (χ0n) is 17.6. The molecule has 2 amide bonds. The first kappa shape index (κ1) is 21.0. The lowest BCUT2D eigenvalue weighted by atomic mass is 10.1. The largest absolute Gasteiger partial charge is 0.326 e. The molecule has 0 fully saturated rings. The first-order valence-electron chi connectivity index (χ1n) is 9.82. The van der Waals surface area contributed by atoms with E-state index in [0.717, 1.165) is 53.3 Å². The van der Waals surface area contributed by atoms with Gasteiger partial charge in [0.05, 0.1) is 5.69 Å². The second-order valence-corrected chi connectivity index (χ2v) is 7.12. The number of urea groups is 1. The van der Waals surface area contributed by atoms with Crippen molar-refractivity contribution in [3.8, 4) is 0 Å². The molecule has 0 unspecified atom stereocenters. The Morgan fingerprint density at radius 3 is 1.78 bits per heavy atom. The average Bonchev–Trinajstić information content (AvgIpc) is 2.63. The Morgan fingerprint density at radius 2 is 1.30 bits per heavy atom. The standard InChI is InChI=1S/C23H33N3O/c1-7-25(8-2)15-16-26(22-19(5)13-10-14-20(22)6)23(27)24-21-17(3)11-9-12-18(21)4/h9-14H,7-8,15-16H2,1-6H3,(H,24,27). The van der Waals surface area contributed by atoms with Crippen LogP contribution >= 0.6 is 0 Å². The van der Waals surface area contributed by atoms with Crippen molar-refractivity contribution in [1.29, 1.82) is 0 Å². The molecule has 2 rings (SSSR count). The highest BCUT2D eigenvalue weighted by Crippen LogP contribution is 2.27. The predicted molar refractivity (Wildman–Crippen MR) is 116 cm³/mol. The van der Waals surface area contributed by atoms with Gasteiger partial charge in [-0.3, -0.25) is 4.90 Å². The third-order valence-corrected chi connectivity index (χ3v) is 5.20. The summed E-state index contributed by atoms with van der Waals surface area (Å²) in [4.78, 5) is 17.5. The van der Waals surface area contributed by atoms with E-state index in [-0.39, 0.29) is 6.03 Å². The Balaban J connectivity index is 2.35. The number of nitrogens with one attached hydrogen (secondary N) is 1. The summed E-state index contributed by atoms with van der Waals surface area (Å²) in [6.07, 6.45) is 0. The van der Waals surface area contributed by atoms with Crippen LogP contribution < -0.4 is 10.2 Å². The van der Waals surface area contributed by atoms with Crippen LogP contribution in [0.4, 0.5) is 16.2 Å². The topological polar surface area (TPSA) is 35.6 Å². The summed E-state index contributed by atoms with van der Waals surface area (Å²) in [6.45, 7) is 16.0. The van der Waals surface area contributed by atoms with Gasteiger partial charge in [-0.05, 0) is 63.0 Å². The molecule has 0 atom stereocenters. The second-order valence-electron chi connectivity index (χ2n) is 7.12. The maximum atomic E-state index is 13.3. The number of aryl methyl sites for hydroxylation is 4. The van der Waals surface area contributed by atoms with E-state index in [1.54, 1.807) is 0 Å². The maximum Gasteiger partial charge on any atom is 0.326 e. The highest BCUT2D eigenvalue weighted by molar-refractivity contribution is 6.03. The van der Waals surface area contributed by atoms with Crippen molar-refractivity contribution in [2.45, 2.75) is 41.5 Å². The van der Waals surface area contributed by atoms with Crippen molar-refractivity contribution >= 4 is 17.4 Å². The van der Waals surface area contributed by atoms with Gasteiger partial charge in [-0.25, -0.2) is 4.79 Å². The van der Waals surface area contributed by atoms with Gasteiger partial charge in [0.2, 0.25) is 0 Å². The molecule has 0 bridgehead atoms. The summed E-state index contributed by atoms with van der Waals surface area (Å²) >= 11 is 0. The summed E-state index contributed by atoms with van der Waals surface area (Å²) in [6, 6.07) is 12.2. The Kier molecular flexibility index (Phi) is 7.43. The number of likely N-dealkylation sites (N-methyl/N-ethyl adjacent to an activating group) is 1. The van der Waals surface area contributed by atoms with E-state index in [9.17, 15) is 4.79 Å². The quantitative estimate of drug-likeness (QED) is 0.721. The molecule has 27 heavy (non-hydrogen) atoms. The minimum absolute atomic E-state index is 0.0723. The number of amides is 2. The number of para-hydroxylation sites is 2. The number of nitrogens with zero attached hydrogens (tertiary/aromatic N) is 2. The number of anilines is 2. The first-order valence-corrected chi connectivity index (χ1v) is 9.82. The fourth-order valence-corrected chi connectivity index (χ4v) is 3.51. The Hall–Kier alpha value is -2.33. The fourth-order valence-electron chi connectivity index (χ4n) is 3.51. The molecule has 0 radical (unpaired) electrons. The molecule has 0 spiro atoms. The monoisotopic (exact) mass is 367 g/mol. The van der Waals surface area contributed by atoms with Gasteiger partial charge in [-0.1, -0.05) is 50.2 Å². The predicted octanol–water partition coefficient (Wildman–Crippen LogP) is 5.30. The van der Waals surface area contributed by atoms with Crippen LogP contribution in [0.25, 0.3) is 0 Å². The molecular formula is C23H33N3O. The molecule has 146 valence electrons. The van der Waals surface area contributed by atoms with Crippen LogP contribution in [0, 0.1) is 27.7 Å². The lowest BCUT2D eigenvalue weighted by molar-refractivity contribution is 0.254. The van der Waals surface area contributed by atoms with Crippen LogP contribution in [0.5, 0.6) is 0 Å². The second kappa shape index (κ2) is 9.56. The third kappa shape index (κ3) is 5.10. The van der Waals surface area contributed by atoms with Gasteiger partial charge in [0, 0.05) is 18.8 Å². The minimum Gasteiger partial charge on any atom is -0.307 e. The van der Waals surface area contributed by atoms with Gasteiger partial charge in [0.1, 0.15) is 0 Å². The molecule has 4 heteroatoms. The molecule has 0 aliphatic carbocycles.